The molecule has 1 aliphatic rings. The molecule has 3 rings (SSSR count). The molecule has 1 aliphatic carbocycles. The number of hydrogen-bond acceptors (Lipinski definition) is 2. The topological polar surface area (TPSA) is 58.2 Å². The lowest BCUT2D eigenvalue weighted by atomic mass is 10.1. The molecule has 1 saturated carbocycles. The maximum Gasteiger partial charge on any atom is 0.244 e. The van der Waals surface area contributed by atoms with E-state index in [0.717, 1.165) is 47.0 Å². The standard InChI is InChI=1S/C22H23BrN2O2/c23-20-11-4-3-7-17(20)12-13-21(26)24-15-16-6-5-10-19(14-16)25-22(27)18-8-1-2-9-18/h3-7,10-14,18H,1-2,8-9,15H2,(H,24,26)(H,25,27). The van der Waals surface area contributed by atoms with E-state index in [-0.39, 0.29) is 17.7 Å². The second kappa shape index (κ2) is 9.51. The molecule has 0 saturated heterocycles. The van der Waals surface area contributed by atoms with Crippen molar-refractivity contribution >= 4 is 39.5 Å². The van der Waals surface area contributed by atoms with Gasteiger partial charge in [0.25, 0.3) is 0 Å². The van der Waals surface area contributed by atoms with Gasteiger partial charge in [0.2, 0.25) is 11.8 Å². The summed E-state index contributed by atoms with van der Waals surface area (Å²) in [5.74, 6) is 0.0759. The normalized spacial score (nSPS) is 14.4. The van der Waals surface area contributed by atoms with E-state index in [4.69, 9.17) is 0 Å². The van der Waals surface area contributed by atoms with Crippen LogP contribution in [0.4, 0.5) is 5.69 Å². The summed E-state index contributed by atoms with van der Waals surface area (Å²) >= 11 is 3.46. The second-order valence-corrected chi connectivity index (χ2v) is 7.60. The molecule has 4 nitrogen and oxygen atoms in total. The number of nitrogens with one attached hydrogen (secondary N) is 2. The lowest BCUT2D eigenvalue weighted by molar-refractivity contribution is -0.119. The fraction of sp³-hybridized carbons (Fsp3) is 0.273. The number of carbonyl (C=O) groups excluding carboxylic acids is 2. The first-order valence-corrected chi connectivity index (χ1v) is 10.0. The molecule has 0 radical (unpaired) electrons. The van der Waals surface area contributed by atoms with Crippen molar-refractivity contribution < 1.29 is 9.59 Å². The largest absolute Gasteiger partial charge is 0.348 e. The number of benzene rings is 2. The molecule has 5 heteroatoms. The van der Waals surface area contributed by atoms with E-state index in [1.807, 2.05) is 48.5 Å². The average Bonchev–Trinajstić information content (AvgIpc) is 3.21. The van der Waals surface area contributed by atoms with Crippen molar-refractivity contribution in [2.45, 2.75) is 32.2 Å². The summed E-state index contributed by atoms with van der Waals surface area (Å²) in [6, 6.07) is 15.3. The van der Waals surface area contributed by atoms with Gasteiger partial charge in [0.05, 0.1) is 0 Å². The molecule has 0 aliphatic heterocycles. The Hall–Kier alpha value is -2.40. The number of hydrogen-bond donors (Lipinski definition) is 2. The van der Waals surface area contributed by atoms with Crippen LogP contribution >= 0.6 is 15.9 Å². The first kappa shape index (κ1) is 19.4. The summed E-state index contributed by atoms with van der Waals surface area (Å²) in [7, 11) is 0. The molecule has 2 N–H and O–H groups in total. The van der Waals surface area contributed by atoms with Crippen LogP contribution in [-0.4, -0.2) is 11.8 Å². The van der Waals surface area contributed by atoms with Crippen LogP contribution in [0, 0.1) is 5.92 Å². The van der Waals surface area contributed by atoms with Gasteiger partial charge in [-0.2, -0.15) is 0 Å². The highest BCUT2D eigenvalue weighted by atomic mass is 79.9. The minimum Gasteiger partial charge on any atom is -0.348 e. The Morgan fingerprint density at radius 3 is 2.63 bits per heavy atom. The molecule has 27 heavy (non-hydrogen) atoms. The number of halogens is 1. The van der Waals surface area contributed by atoms with E-state index in [9.17, 15) is 9.59 Å². The zero-order valence-corrected chi connectivity index (χ0v) is 16.7. The molecule has 0 heterocycles. The smallest absolute Gasteiger partial charge is 0.244 e. The molecule has 0 unspecified atom stereocenters. The zero-order valence-electron chi connectivity index (χ0n) is 15.1. The quantitative estimate of drug-likeness (QED) is 0.644. The Bertz CT molecular complexity index is 842. The van der Waals surface area contributed by atoms with Gasteiger partial charge in [-0.15, -0.1) is 0 Å². The summed E-state index contributed by atoms with van der Waals surface area (Å²) in [5.41, 5.74) is 2.67. The van der Waals surface area contributed by atoms with Gasteiger partial charge in [-0.3, -0.25) is 9.59 Å². The highest BCUT2D eigenvalue weighted by Gasteiger charge is 2.22. The second-order valence-electron chi connectivity index (χ2n) is 6.74. The summed E-state index contributed by atoms with van der Waals surface area (Å²) in [4.78, 5) is 24.3. The van der Waals surface area contributed by atoms with E-state index < -0.39 is 0 Å². The Kier molecular flexibility index (Phi) is 6.82. The van der Waals surface area contributed by atoms with Crippen molar-refractivity contribution in [1.82, 2.24) is 5.32 Å². The monoisotopic (exact) mass is 426 g/mol. The van der Waals surface area contributed by atoms with Crippen molar-refractivity contribution in [1.29, 1.82) is 0 Å². The minimum atomic E-state index is -0.161. The molecule has 140 valence electrons. The van der Waals surface area contributed by atoms with E-state index in [1.54, 1.807) is 6.08 Å². The molecule has 0 atom stereocenters. The average molecular weight is 427 g/mol. The molecule has 2 amide bonds. The third-order valence-electron chi connectivity index (χ3n) is 4.71. The zero-order chi connectivity index (χ0) is 19.1. The van der Waals surface area contributed by atoms with Crippen molar-refractivity contribution in [3.63, 3.8) is 0 Å². The van der Waals surface area contributed by atoms with E-state index in [2.05, 4.69) is 26.6 Å². The Morgan fingerprint density at radius 1 is 1.07 bits per heavy atom. The molecule has 0 aromatic heterocycles. The first-order valence-electron chi connectivity index (χ1n) is 9.22. The Balaban J connectivity index is 1.52. The fourth-order valence-electron chi connectivity index (χ4n) is 3.22. The molecular weight excluding hydrogens is 404 g/mol. The first-order chi connectivity index (χ1) is 13.1. The lowest BCUT2D eigenvalue weighted by Crippen LogP contribution is -2.21. The van der Waals surface area contributed by atoms with Crippen LogP contribution in [0.15, 0.2) is 59.1 Å². The molecule has 0 bridgehead atoms. The van der Waals surface area contributed by atoms with Crippen molar-refractivity contribution in [2.24, 2.45) is 5.92 Å². The molecule has 1 fully saturated rings. The van der Waals surface area contributed by atoms with Gasteiger partial charge in [0, 0.05) is 28.7 Å². The highest BCUT2D eigenvalue weighted by Crippen LogP contribution is 2.26. The summed E-state index contributed by atoms with van der Waals surface area (Å²) in [5, 5.41) is 5.86. The minimum absolute atomic E-state index is 0.102. The van der Waals surface area contributed by atoms with Crippen molar-refractivity contribution in [3.05, 3.63) is 70.2 Å². The van der Waals surface area contributed by atoms with Crippen LogP contribution < -0.4 is 10.6 Å². The van der Waals surface area contributed by atoms with Gasteiger partial charge in [0.15, 0.2) is 0 Å². The Morgan fingerprint density at radius 2 is 1.85 bits per heavy atom. The summed E-state index contributed by atoms with van der Waals surface area (Å²) in [6.45, 7) is 0.409. The van der Waals surface area contributed by atoms with Crippen molar-refractivity contribution in [3.8, 4) is 0 Å². The van der Waals surface area contributed by atoms with Gasteiger partial charge in [-0.1, -0.05) is 59.1 Å². The fourth-order valence-corrected chi connectivity index (χ4v) is 3.63. The predicted molar refractivity (Wildman–Crippen MR) is 112 cm³/mol. The maximum atomic E-state index is 12.2. The van der Waals surface area contributed by atoms with Crippen LogP contribution in [0.5, 0.6) is 0 Å². The van der Waals surface area contributed by atoms with Gasteiger partial charge in [-0.25, -0.2) is 0 Å². The van der Waals surface area contributed by atoms with E-state index in [1.165, 1.54) is 6.08 Å². The lowest BCUT2D eigenvalue weighted by Gasteiger charge is -2.11. The van der Waals surface area contributed by atoms with Gasteiger partial charge < -0.3 is 10.6 Å². The third-order valence-corrected chi connectivity index (χ3v) is 5.43. The van der Waals surface area contributed by atoms with Gasteiger partial charge in [0.1, 0.15) is 0 Å². The van der Waals surface area contributed by atoms with Crippen LogP contribution in [0.3, 0.4) is 0 Å². The summed E-state index contributed by atoms with van der Waals surface area (Å²) in [6.07, 6.45) is 7.52. The van der Waals surface area contributed by atoms with Crippen LogP contribution in [-0.2, 0) is 16.1 Å². The number of rotatable bonds is 6. The SMILES string of the molecule is O=C(C=Cc1ccccc1Br)NCc1cccc(NC(=O)C2CCCC2)c1. The number of amides is 2. The third kappa shape index (κ3) is 5.79. The number of anilines is 1. The Labute approximate surface area is 168 Å². The van der Waals surface area contributed by atoms with Gasteiger partial charge in [-0.05, 0) is 48.2 Å². The molecule has 2 aromatic carbocycles. The van der Waals surface area contributed by atoms with Crippen LogP contribution in [0.25, 0.3) is 6.08 Å². The van der Waals surface area contributed by atoms with Gasteiger partial charge >= 0.3 is 0 Å². The molecule has 0 spiro atoms. The molecular formula is C22H23BrN2O2. The van der Waals surface area contributed by atoms with E-state index >= 15 is 0 Å². The maximum absolute atomic E-state index is 12.2. The number of carbonyl (C=O) groups is 2. The molecule has 2 aromatic rings. The van der Waals surface area contributed by atoms with E-state index in [0.29, 0.717) is 6.54 Å². The van der Waals surface area contributed by atoms with Crippen LogP contribution in [0.2, 0.25) is 0 Å². The predicted octanol–water partition coefficient (Wildman–Crippen LogP) is 4.91. The van der Waals surface area contributed by atoms with Crippen molar-refractivity contribution in [2.75, 3.05) is 5.32 Å². The van der Waals surface area contributed by atoms with Crippen LogP contribution in [0.1, 0.15) is 36.8 Å². The summed E-state index contributed by atoms with van der Waals surface area (Å²) < 4.78 is 0.944. The highest BCUT2D eigenvalue weighted by molar-refractivity contribution is 9.10.